The summed E-state index contributed by atoms with van der Waals surface area (Å²) >= 11 is 11.9. The van der Waals surface area contributed by atoms with Gasteiger partial charge in [0.25, 0.3) is 5.91 Å². The fourth-order valence-corrected chi connectivity index (χ4v) is 3.04. The van der Waals surface area contributed by atoms with Crippen LogP contribution in [0.2, 0.25) is 10.0 Å². The van der Waals surface area contributed by atoms with Gasteiger partial charge in [-0.15, -0.1) is 0 Å². The molecule has 0 aliphatic heterocycles. The van der Waals surface area contributed by atoms with E-state index in [1.165, 1.54) is 0 Å². The van der Waals surface area contributed by atoms with Crippen molar-refractivity contribution >= 4 is 34.8 Å². The Bertz CT molecular complexity index is 1020. The average molecular weight is 446 g/mol. The lowest BCUT2D eigenvalue weighted by atomic mass is 10.1. The molecule has 0 unspecified atom stereocenters. The Kier molecular flexibility index (Phi) is 7.44. The van der Waals surface area contributed by atoms with E-state index in [0.717, 1.165) is 11.3 Å². The van der Waals surface area contributed by atoms with Crippen molar-refractivity contribution in [3.8, 4) is 17.2 Å². The zero-order valence-corrected chi connectivity index (χ0v) is 18.1. The number of anilines is 1. The van der Waals surface area contributed by atoms with Crippen LogP contribution < -0.4 is 19.5 Å². The lowest BCUT2D eigenvalue weighted by Gasteiger charge is -2.14. The molecule has 156 valence electrons. The number of carbonyl (C=O) groups excluding carboxylic acids is 1. The second-order valence-electron chi connectivity index (χ2n) is 6.30. The van der Waals surface area contributed by atoms with Crippen molar-refractivity contribution in [1.82, 2.24) is 0 Å². The molecule has 0 radical (unpaired) electrons. The summed E-state index contributed by atoms with van der Waals surface area (Å²) in [6.07, 6.45) is 0. The van der Waals surface area contributed by atoms with Gasteiger partial charge in [0.1, 0.15) is 23.9 Å². The normalized spacial score (nSPS) is 10.4. The first kappa shape index (κ1) is 21.8. The van der Waals surface area contributed by atoms with Crippen LogP contribution in [0.5, 0.6) is 17.2 Å². The van der Waals surface area contributed by atoms with Gasteiger partial charge in [-0.3, -0.25) is 4.79 Å². The number of hydrogen-bond donors (Lipinski definition) is 1. The number of halogens is 2. The summed E-state index contributed by atoms with van der Waals surface area (Å²) in [5.74, 6) is 1.82. The van der Waals surface area contributed by atoms with Gasteiger partial charge in [0.15, 0.2) is 0 Å². The van der Waals surface area contributed by atoms with E-state index in [1.54, 1.807) is 43.5 Å². The molecular weight excluding hydrogens is 425 g/mol. The molecule has 1 N–H and O–H groups in total. The van der Waals surface area contributed by atoms with Crippen LogP contribution in [0.3, 0.4) is 0 Å². The molecular formula is C23H21Cl2NO4. The predicted molar refractivity (Wildman–Crippen MR) is 119 cm³/mol. The van der Waals surface area contributed by atoms with Gasteiger partial charge in [-0.1, -0.05) is 23.2 Å². The lowest BCUT2D eigenvalue weighted by Crippen LogP contribution is -2.13. The van der Waals surface area contributed by atoms with Crippen LogP contribution in [-0.2, 0) is 6.61 Å². The maximum Gasteiger partial charge on any atom is 0.255 e. The maximum absolute atomic E-state index is 12.7. The molecule has 3 rings (SSSR count). The van der Waals surface area contributed by atoms with E-state index in [9.17, 15) is 4.79 Å². The highest BCUT2D eigenvalue weighted by molar-refractivity contribution is 6.42. The number of hydrogen-bond acceptors (Lipinski definition) is 4. The standard InChI is InChI=1S/C23H21Cl2NO4/c1-3-29-22-11-4-15(23(27)26-17-5-10-20(24)21(25)13-17)12-16(22)14-30-19-8-6-18(28-2)7-9-19/h4-13H,3,14H2,1-2H3,(H,26,27). The summed E-state index contributed by atoms with van der Waals surface area (Å²) in [5.41, 5.74) is 1.78. The molecule has 5 nitrogen and oxygen atoms in total. The van der Waals surface area contributed by atoms with Crippen molar-refractivity contribution in [2.75, 3.05) is 19.0 Å². The van der Waals surface area contributed by atoms with Crippen molar-refractivity contribution in [3.05, 3.63) is 81.8 Å². The first-order valence-electron chi connectivity index (χ1n) is 9.29. The molecule has 30 heavy (non-hydrogen) atoms. The highest BCUT2D eigenvalue weighted by Gasteiger charge is 2.12. The van der Waals surface area contributed by atoms with Crippen LogP contribution in [0.25, 0.3) is 0 Å². The van der Waals surface area contributed by atoms with E-state index in [4.69, 9.17) is 37.4 Å². The highest BCUT2D eigenvalue weighted by atomic mass is 35.5. The number of nitrogens with one attached hydrogen (secondary N) is 1. The Morgan fingerprint density at radius 1 is 0.900 bits per heavy atom. The van der Waals surface area contributed by atoms with Crippen LogP contribution in [0.15, 0.2) is 60.7 Å². The number of amides is 1. The average Bonchev–Trinajstić information content (AvgIpc) is 2.76. The quantitative estimate of drug-likeness (QED) is 0.446. The van der Waals surface area contributed by atoms with Gasteiger partial charge < -0.3 is 19.5 Å². The Morgan fingerprint density at radius 2 is 1.63 bits per heavy atom. The van der Waals surface area contributed by atoms with E-state index < -0.39 is 0 Å². The van der Waals surface area contributed by atoms with Crippen LogP contribution in [0, 0.1) is 0 Å². The molecule has 0 aliphatic carbocycles. The van der Waals surface area contributed by atoms with Crippen LogP contribution in [-0.4, -0.2) is 19.6 Å². The van der Waals surface area contributed by atoms with Gasteiger partial charge in [-0.25, -0.2) is 0 Å². The number of carbonyl (C=O) groups is 1. The van der Waals surface area contributed by atoms with Crippen molar-refractivity contribution in [1.29, 1.82) is 0 Å². The number of ether oxygens (including phenoxy) is 3. The molecule has 7 heteroatoms. The summed E-state index contributed by atoms with van der Waals surface area (Å²) in [7, 11) is 1.61. The van der Waals surface area contributed by atoms with E-state index in [-0.39, 0.29) is 12.5 Å². The third-order valence-electron chi connectivity index (χ3n) is 4.25. The molecule has 0 atom stereocenters. The maximum atomic E-state index is 12.7. The predicted octanol–water partition coefficient (Wildman–Crippen LogP) is 6.23. The fourth-order valence-electron chi connectivity index (χ4n) is 2.74. The van der Waals surface area contributed by atoms with E-state index in [1.807, 2.05) is 31.2 Å². The first-order valence-corrected chi connectivity index (χ1v) is 10.0. The molecule has 0 saturated carbocycles. The van der Waals surface area contributed by atoms with Crippen molar-refractivity contribution in [2.24, 2.45) is 0 Å². The molecule has 3 aromatic rings. The number of rotatable bonds is 8. The zero-order chi connectivity index (χ0) is 21.5. The third kappa shape index (κ3) is 5.59. The summed E-state index contributed by atoms with van der Waals surface area (Å²) < 4.78 is 16.7. The lowest BCUT2D eigenvalue weighted by molar-refractivity contribution is 0.102. The minimum atomic E-state index is -0.276. The fraction of sp³-hybridized carbons (Fsp3) is 0.174. The molecule has 3 aromatic carbocycles. The van der Waals surface area contributed by atoms with Gasteiger partial charge in [0.2, 0.25) is 0 Å². The molecule has 0 aromatic heterocycles. The van der Waals surface area contributed by atoms with Gasteiger partial charge >= 0.3 is 0 Å². The topological polar surface area (TPSA) is 56.8 Å². The second-order valence-corrected chi connectivity index (χ2v) is 7.12. The van der Waals surface area contributed by atoms with Crippen molar-refractivity contribution in [2.45, 2.75) is 13.5 Å². The molecule has 0 fully saturated rings. The van der Waals surface area contributed by atoms with Crippen molar-refractivity contribution in [3.63, 3.8) is 0 Å². The summed E-state index contributed by atoms with van der Waals surface area (Å²) in [5, 5.41) is 3.61. The van der Waals surface area contributed by atoms with E-state index in [2.05, 4.69) is 5.32 Å². The minimum absolute atomic E-state index is 0.246. The molecule has 0 saturated heterocycles. The molecule has 1 amide bonds. The van der Waals surface area contributed by atoms with Gasteiger partial charge in [-0.2, -0.15) is 0 Å². The summed E-state index contributed by atoms with van der Waals surface area (Å²) in [6, 6.07) is 17.4. The zero-order valence-electron chi connectivity index (χ0n) is 16.6. The largest absolute Gasteiger partial charge is 0.497 e. The van der Waals surface area contributed by atoms with E-state index in [0.29, 0.717) is 39.4 Å². The molecule has 0 aliphatic rings. The van der Waals surface area contributed by atoms with Crippen LogP contribution in [0.1, 0.15) is 22.8 Å². The Morgan fingerprint density at radius 3 is 2.30 bits per heavy atom. The smallest absolute Gasteiger partial charge is 0.255 e. The van der Waals surface area contributed by atoms with Gasteiger partial charge in [0, 0.05) is 16.8 Å². The number of benzene rings is 3. The molecule has 0 heterocycles. The van der Waals surface area contributed by atoms with Gasteiger partial charge in [-0.05, 0) is 67.6 Å². The third-order valence-corrected chi connectivity index (χ3v) is 4.99. The van der Waals surface area contributed by atoms with Crippen LogP contribution >= 0.6 is 23.2 Å². The molecule has 0 spiro atoms. The van der Waals surface area contributed by atoms with Crippen LogP contribution in [0.4, 0.5) is 5.69 Å². The summed E-state index contributed by atoms with van der Waals surface area (Å²) in [4.78, 5) is 12.7. The van der Waals surface area contributed by atoms with E-state index >= 15 is 0 Å². The molecule has 0 bridgehead atoms. The Labute approximate surface area is 185 Å². The minimum Gasteiger partial charge on any atom is -0.497 e. The monoisotopic (exact) mass is 445 g/mol. The Balaban J connectivity index is 1.76. The summed E-state index contributed by atoms with van der Waals surface area (Å²) in [6.45, 7) is 2.65. The number of methoxy groups -OCH3 is 1. The first-order chi connectivity index (χ1) is 14.5. The SMILES string of the molecule is CCOc1ccc(C(=O)Nc2ccc(Cl)c(Cl)c2)cc1COc1ccc(OC)cc1. The van der Waals surface area contributed by atoms with Gasteiger partial charge in [0.05, 0.1) is 23.8 Å². The highest BCUT2D eigenvalue weighted by Crippen LogP contribution is 2.27. The van der Waals surface area contributed by atoms with Crippen molar-refractivity contribution < 1.29 is 19.0 Å². The second kappa shape index (κ2) is 10.2. The Hall–Kier alpha value is -2.89.